The molecule has 0 aliphatic rings. The van der Waals surface area contributed by atoms with Gasteiger partial charge in [0, 0.05) is 18.0 Å². The molecule has 20 heavy (non-hydrogen) atoms. The van der Waals surface area contributed by atoms with Crippen LogP contribution < -0.4 is 14.8 Å². The third kappa shape index (κ3) is 3.11. The van der Waals surface area contributed by atoms with Crippen LogP contribution in [0.15, 0.2) is 29.0 Å². The quantitative estimate of drug-likeness (QED) is 0.874. The Kier molecular flexibility index (Phi) is 4.62. The highest BCUT2D eigenvalue weighted by molar-refractivity contribution is 9.10. The Balaban J connectivity index is 2.16. The molecule has 0 aliphatic carbocycles. The van der Waals surface area contributed by atoms with Crippen molar-refractivity contribution in [3.8, 4) is 11.5 Å². The molecule has 1 aromatic carbocycles. The van der Waals surface area contributed by atoms with E-state index in [1.54, 1.807) is 24.5 Å². The van der Waals surface area contributed by atoms with Gasteiger partial charge in [-0.05, 0) is 28.1 Å². The van der Waals surface area contributed by atoms with Gasteiger partial charge in [0.25, 0.3) is 5.91 Å². The summed E-state index contributed by atoms with van der Waals surface area (Å²) in [6, 6.07) is 3.29. The number of benzene rings is 1. The number of carbonyl (C=O) groups excluding carboxylic acids is 1. The fourth-order valence-corrected chi connectivity index (χ4v) is 2.21. The average Bonchev–Trinajstić information content (AvgIpc) is 2.98. The Hall–Kier alpha value is -2.02. The van der Waals surface area contributed by atoms with Crippen LogP contribution in [0.2, 0.25) is 0 Å². The molecule has 2 aromatic rings. The molecule has 0 unspecified atom stereocenters. The summed E-state index contributed by atoms with van der Waals surface area (Å²) in [5.74, 6) is 1.53. The third-order valence-electron chi connectivity index (χ3n) is 2.68. The standard InChI is InChI=1S/C13H14BrN3O3/c1-19-9-5-8(6-10(20-2)12(9)14)13(18)17-7-11-15-3-4-16-11/h3-6H,7H2,1-2H3,(H,15,16)(H,17,18). The van der Waals surface area contributed by atoms with E-state index in [0.717, 1.165) is 0 Å². The minimum absolute atomic E-state index is 0.231. The number of hydrogen-bond acceptors (Lipinski definition) is 4. The number of nitrogens with zero attached hydrogens (tertiary/aromatic N) is 1. The third-order valence-corrected chi connectivity index (χ3v) is 3.46. The number of nitrogens with one attached hydrogen (secondary N) is 2. The van der Waals surface area contributed by atoms with Crippen LogP contribution in [0.25, 0.3) is 0 Å². The zero-order chi connectivity index (χ0) is 14.5. The molecular weight excluding hydrogens is 326 g/mol. The van der Waals surface area contributed by atoms with E-state index >= 15 is 0 Å². The number of hydrogen-bond donors (Lipinski definition) is 2. The Bertz CT molecular complexity index is 574. The second-order valence-electron chi connectivity index (χ2n) is 3.91. The van der Waals surface area contributed by atoms with Crippen LogP contribution in [0.1, 0.15) is 16.2 Å². The molecule has 0 aliphatic heterocycles. The number of aromatic nitrogens is 2. The van der Waals surface area contributed by atoms with Gasteiger partial charge in [0.05, 0.1) is 20.8 Å². The minimum atomic E-state index is -0.231. The summed E-state index contributed by atoms with van der Waals surface area (Å²) in [6.45, 7) is 0.326. The van der Waals surface area contributed by atoms with Crippen molar-refractivity contribution >= 4 is 21.8 Å². The maximum Gasteiger partial charge on any atom is 0.251 e. The van der Waals surface area contributed by atoms with Gasteiger partial charge in [-0.25, -0.2) is 4.98 Å². The van der Waals surface area contributed by atoms with Crippen molar-refractivity contribution in [1.29, 1.82) is 0 Å². The second-order valence-corrected chi connectivity index (χ2v) is 4.71. The molecule has 0 bridgehead atoms. The maximum atomic E-state index is 12.1. The second kappa shape index (κ2) is 6.42. The molecule has 0 saturated heterocycles. The van der Waals surface area contributed by atoms with E-state index in [-0.39, 0.29) is 5.91 Å². The molecule has 0 spiro atoms. The molecule has 106 valence electrons. The normalized spacial score (nSPS) is 10.2. The fraction of sp³-hybridized carbons (Fsp3) is 0.231. The van der Waals surface area contributed by atoms with Gasteiger partial charge >= 0.3 is 0 Å². The van der Waals surface area contributed by atoms with Crippen LogP contribution in [0.3, 0.4) is 0 Å². The number of rotatable bonds is 5. The van der Waals surface area contributed by atoms with Crippen LogP contribution in [-0.4, -0.2) is 30.1 Å². The monoisotopic (exact) mass is 339 g/mol. The van der Waals surface area contributed by atoms with Crippen LogP contribution >= 0.6 is 15.9 Å². The van der Waals surface area contributed by atoms with E-state index < -0.39 is 0 Å². The molecule has 1 heterocycles. The Labute approximate surface area is 124 Å². The van der Waals surface area contributed by atoms with Gasteiger partial charge in [-0.2, -0.15) is 0 Å². The predicted octanol–water partition coefficient (Wildman–Crippen LogP) is 2.12. The number of ether oxygens (including phenoxy) is 2. The summed E-state index contributed by atoms with van der Waals surface area (Å²) in [6.07, 6.45) is 3.33. The molecule has 7 heteroatoms. The summed E-state index contributed by atoms with van der Waals surface area (Å²) >= 11 is 3.36. The zero-order valence-electron chi connectivity index (χ0n) is 11.1. The van der Waals surface area contributed by atoms with Crippen molar-refractivity contribution in [2.24, 2.45) is 0 Å². The Morgan fingerprint density at radius 1 is 1.35 bits per heavy atom. The van der Waals surface area contributed by atoms with E-state index in [2.05, 4.69) is 31.2 Å². The average molecular weight is 340 g/mol. The highest BCUT2D eigenvalue weighted by Gasteiger charge is 2.14. The number of halogens is 1. The molecule has 2 N–H and O–H groups in total. The maximum absolute atomic E-state index is 12.1. The van der Waals surface area contributed by atoms with Crippen molar-refractivity contribution in [3.63, 3.8) is 0 Å². The van der Waals surface area contributed by atoms with Crippen LogP contribution in [-0.2, 0) is 6.54 Å². The topological polar surface area (TPSA) is 76.2 Å². The Morgan fingerprint density at radius 3 is 2.50 bits per heavy atom. The van der Waals surface area contributed by atoms with Crippen LogP contribution in [0, 0.1) is 0 Å². The summed E-state index contributed by atoms with van der Waals surface area (Å²) in [5.41, 5.74) is 0.452. The Morgan fingerprint density at radius 2 is 2.00 bits per heavy atom. The molecule has 0 fully saturated rings. The first-order valence-electron chi connectivity index (χ1n) is 5.83. The predicted molar refractivity (Wildman–Crippen MR) is 77.0 cm³/mol. The van der Waals surface area contributed by atoms with Gasteiger partial charge < -0.3 is 19.8 Å². The summed E-state index contributed by atoms with van der Waals surface area (Å²) in [7, 11) is 3.06. The molecule has 6 nitrogen and oxygen atoms in total. The lowest BCUT2D eigenvalue weighted by molar-refractivity contribution is 0.0949. The molecule has 1 amide bonds. The molecule has 0 radical (unpaired) electrons. The highest BCUT2D eigenvalue weighted by Crippen LogP contribution is 2.35. The van der Waals surface area contributed by atoms with Gasteiger partial charge in [-0.3, -0.25) is 4.79 Å². The molecular formula is C13H14BrN3O3. The lowest BCUT2D eigenvalue weighted by Crippen LogP contribution is -2.23. The number of amides is 1. The molecule has 2 rings (SSSR count). The number of methoxy groups -OCH3 is 2. The van der Waals surface area contributed by atoms with Crippen molar-refractivity contribution in [2.75, 3.05) is 14.2 Å². The number of H-pyrrole nitrogens is 1. The molecule has 0 atom stereocenters. The molecule has 1 aromatic heterocycles. The van der Waals surface area contributed by atoms with E-state index in [0.29, 0.717) is 33.9 Å². The number of aromatic amines is 1. The smallest absolute Gasteiger partial charge is 0.251 e. The van der Waals surface area contributed by atoms with Crippen molar-refractivity contribution in [2.45, 2.75) is 6.54 Å². The fourth-order valence-electron chi connectivity index (χ4n) is 1.66. The van der Waals surface area contributed by atoms with Gasteiger partial charge in [0.2, 0.25) is 0 Å². The first-order chi connectivity index (χ1) is 9.65. The summed E-state index contributed by atoms with van der Waals surface area (Å²) in [5, 5.41) is 2.76. The van der Waals surface area contributed by atoms with Gasteiger partial charge in [-0.15, -0.1) is 0 Å². The van der Waals surface area contributed by atoms with Crippen LogP contribution in [0.5, 0.6) is 11.5 Å². The summed E-state index contributed by atoms with van der Waals surface area (Å²) < 4.78 is 11.1. The van der Waals surface area contributed by atoms with E-state index in [4.69, 9.17) is 9.47 Å². The SMILES string of the molecule is COc1cc(C(=O)NCc2ncc[nH]2)cc(OC)c1Br. The largest absolute Gasteiger partial charge is 0.495 e. The molecule has 0 saturated carbocycles. The van der Waals surface area contributed by atoms with Crippen LogP contribution in [0.4, 0.5) is 0 Å². The van der Waals surface area contributed by atoms with Crippen molar-refractivity contribution in [3.05, 3.63) is 40.4 Å². The summed E-state index contributed by atoms with van der Waals surface area (Å²) in [4.78, 5) is 19.1. The number of carbonyl (C=O) groups is 1. The zero-order valence-corrected chi connectivity index (χ0v) is 12.7. The van der Waals surface area contributed by atoms with Gasteiger partial charge in [0.1, 0.15) is 21.8 Å². The van der Waals surface area contributed by atoms with Gasteiger partial charge in [-0.1, -0.05) is 0 Å². The van der Waals surface area contributed by atoms with E-state index in [1.165, 1.54) is 14.2 Å². The van der Waals surface area contributed by atoms with Crippen molar-refractivity contribution in [1.82, 2.24) is 15.3 Å². The lowest BCUT2D eigenvalue weighted by atomic mass is 10.2. The minimum Gasteiger partial charge on any atom is -0.495 e. The highest BCUT2D eigenvalue weighted by atomic mass is 79.9. The van der Waals surface area contributed by atoms with E-state index in [9.17, 15) is 4.79 Å². The van der Waals surface area contributed by atoms with Crippen molar-refractivity contribution < 1.29 is 14.3 Å². The first kappa shape index (κ1) is 14.4. The van der Waals surface area contributed by atoms with Gasteiger partial charge in [0.15, 0.2) is 0 Å². The van der Waals surface area contributed by atoms with E-state index in [1.807, 2.05) is 0 Å². The number of imidazole rings is 1. The first-order valence-corrected chi connectivity index (χ1v) is 6.63. The lowest BCUT2D eigenvalue weighted by Gasteiger charge is -2.11.